The second kappa shape index (κ2) is 3.55. The summed E-state index contributed by atoms with van der Waals surface area (Å²) in [4.78, 5) is 4.22. The van der Waals surface area contributed by atoms with Crippen molar-refractivity contribution < 1.29 is 0 Å². The second-order valence-corrected chi connectivity index (χ2v) is 4.63. The van der Waals surface area contributed by atoms with Crippen molar-refractivity contribution in [2.45, 2.75) is 13.8 Å². The number of benzene rings is 1. The Labute approximate surface area is 92.8 Å². The summed E-state index contributed by atoms with van der Waals surface area (Å²) in [6.45, 7) is 4.16. The van der Waals surface area contributed by atoms with Crippen molar-refractivity contribution in [2.24, 2.45) is 0 Å². The van der Waals surface area contributed by atoms with Crippen molar-refractivity contribution >= 4 is 21.5 Å². The van der Waals surface area contributed by atoms with E-state index in [1.165, 1.54) is 22.5 Å². The fourth-order valence-electron chi connectivity index (χ4n) is 1.44. The number of nitrogens with zero attached hydrogens (tertiary/aromatic N) is 1. The van der Waals surface area contributed by atoms with Crippen LogP contribution in [0.2, 0.25) is 0 Å². The number of thiazole rings is 1. The molecule has 2 aromatic rings. The number of aryl methyl sites for hydroxylation is 2. The third kappa shape index (κ3) is 1.80. The van der Waals surface area contributed by atoms with Crippen LogP contribution in [-0.4, -0.2) is 4.98 Å². The number of rotatable bonds is 1. The van der Waals surface area contributed by atoms with Crippen LogP contribution in [0.4, 0.5) is 10.1 Å². The quantitative estimate of drug-likeness (QED) is 0.774. The van der Waals surface area contributed by atoms with E-state index in [4.69, 9.17) is 11.5 Å². The minimum atomic E-state index is 0.515. The highest BCUT2D eigenvalue weighted by Crippen LogP contribution is 2.32. The van der Waals surface area contributed by atoms with E-state index in [0.717, 1.165) is 11.3 Å². The smallest absolute Gasteiger partial charge is 0.182 e. The topological polar surface area (TPSA) is 64.9 Å². The van der Waals surface area contributed by atoms with Gasteiger partial charge in [0.2, 0.25) is 0 Å². The average Bonchev–Trinajstić information content (AvgIpc) is 2.50. The summed E-state index contributed by atoms with van der Waals surface area (Å²) in [7, 11) is 0. The van der Waals surface area contributed by atoms with Crippen molar-refractivity contribution in [1.82, 2.24) is 4.98 Å². The molecule has 2 rings (SSSR count). The molecule has 0 radical (unpaired) electrons. The molecule has 0 atom stereocenters. The zero-order valence-corrected chi connectivity index (χ0v) is 9.56. The summed E-state index contributed by atoms with van der Waals surface area (Å²) in [5.41, 5.74) is 15.8. The Morgan fingerprint density at radius 1 is 1.13 bits per heavy atom. The van der Waals surface area contributed by atoms with Crippen LogP contribution >= 0.6 is 11.3 Å². The summed E-state index contributed by atoms with van der Waals surface area (Å²) in [5, 5.41) is 1.19. The summed E-state index contributed by atoms with van der Waals surface area (Å²) in [6.07, 6.45) is 0. The molecule has 1 aromatic heterocycles. The van der Waals surface area contributed by atoms with Gasteiger partial charge in [-0.15, -0.1) is 0 Å². The van der Waals surface area contributed by atoms with Gasteiger partial charge in [-0.3, -0.25) is 0 Å². The lowest BCUT2D eigenvalue weighted by Crippen LogP contribution is -1.88. The highest BCUT2D eigenvalue weighted by atomic mass is 32.1. The average molecular weight is 219 g/mol. The van der Waals surface area contributed by atoms with Crippen LogP contribution in [0.15, 0.2) is 18.2 Å². The first kappa shape index (κ1) is 9.98. The number of anilines is 2. The Morgan fingerprint density at radius 3 is 2.40 bits per heavy atom. The minimum absolute atomic E-state index is 0.515. The van der Waals surface area contributed by atoms with E-state index in [1.54, 1.807) is 0 Å². The van der Waals surface area contributed by atoms with Crippen molar-refractivity contribution in [3.8, 4) is 11.3 Å². The monoisotopic (exact) mass is 219 g/mol. The molecule has 0 saturated heterocycles. The predicted molar refractivity (Wildman–Crippen MR) is 65.8 cm³/mol. The maximum atomic E-state index is 5.84. The Balaban J connectivity index is 2.54. The van der Waals surface area contributed by atoms with E-state index in [1.807, 2.05) is 6.07 Å². The van der Waals surface area contributed by atoms with Crippen molar-refractivity contribution in [2.75, 3.05) is 11.5 Å². The van der Waals surface area contributed by atoms with Gasteiger partial charge in [-0.25, -0.2) is 4.98 Å². The van der Waals surface area contributed by atoms with Crippen LogP contribution in [0, 0.1) is 13.8 Å². The van der Waals surface area contributed by atoms with Gasteiger partial charge in [0.15, 0.2) is 5.13 Å². The van der Waals surface area contributed by atoms with E-state index in [-0.39, 0.29) is 0 Å². The van der Waals surface area contributed by atoms with E-state index >= 15 is 0 Å². The second-order valence-electron chi connectivity index (χ2n) is 3.56. The Bertz CT molecular complexity index is 503. The summed E-state index contributed by atoms with van der Waals surface area (Å²) >= 11 is 1.32. The van der Waals surface area contributed by atoms with E-state index in [0.29, 0.717) is 10.1 Å². The van der Waals surface area contributed by atoms with Gasteiger partial charge in [0.05, 0.1) is 0 Å². The molecule has 4 N–H and O–H groups in total. The SMILES string of the molecule is Cc1ccc(-c2nc(N)sc2N)cc1C. The molecule has 3 nitrogen and oxygen atoms in total. The molecule has 0 aliphatic rings. The van der Waals surface area contributed by atoms with E-state index in [9.17, 15) is 0 Å². The van der Waals surface area contributed by atoms with Crippen LogP contribution in [0.25, 0.3) is 11.3 Å². The molecule has 0 saturated carbocycles. The molecule has 0 unspecified atom stereocenters. The summed E-state index contributed by atoms with van der Waals surface area (Å²) in [5.74, 6) is 0. The van der Waals surface area contributed by atoms with Crippen molar-refractivity contribution in [1.29, 1.82) is 0 Å². The van der Waals surface area contributed by atoms with Crippen LogP contribution in [0.5, 0.6) is 0 Å². The minimum Gasteiger partial charge on any atom is -0.389 e. The van der Waals surface area contributed by atoms with Gasteiger partial charge in [-0.1, -0.05) is 23.5 Å². The van der Waals surface area contributed by atoms with Gasteiger partial charge in [-0.05, 0) is 31.0 Å². The molecule has 1 heterocycles. The molecule has 0 aliphatic heterocycles. The molecule has 0 bridgehead atoms. The van der Waals surface area contributed by atoms with Gasteiger partial charge in [-0.2, -0.15) is 0 Å². The number of nitrogens with two attached hydrogens (primary N) is 2. The predicted octanol–water partition coefficient (Wildman–Crippen LogP) is 2.59. The maximum Gasteiger partial charge on any atom is 0.182 e. The van der Waals surface area contributed by atoms with Crippen molar-refractivity contribution in [3.63, 3.8) is 0 Å². The van der Waals surface area contributed by atoms with Gasteiger partial charge in [0, 0.05) is 5.56 Å². The first-order valence-corrected chi connectivity index (χ1v) is 5.49. The van der Waals surface area contributed by atoms with Crippen LogP contribution in [-0.2, 0) is 0 Å². The Hall–Kier alpha value is -1.55. The molecule has 0 amide bonds. The fourth-order valence-corrected chi connectivity index (χ4v) is 2.07. The van der Waals surface area contributed by atoms with Gasteiger partial charge < -0.3 is 11.5 Å². The van der Waals surface area contributed by atoms with Crippen LogP contribution < -0.4 is 11.5 Å². The largest absolute Gasteiger partial charge is 0.389 e. The van der Waals surface area contributed by atoms with Gasteiger partial charge >= 0.3 is 0 Å². The standard InChI is InChI=1S/C11H13N3S/c1-6-3-4-8(5-7(6)2)9-10(12)15-11(13)14-9/h3-5H,12H2,1-2H3,(H2,13,14). The molecule has 0 aliphatic carbocycles. The maximum absolute atomic E-state index is 5.84. The van der Waals surface area contributed by atoms with Gasteiger partial charge in [0.25, 0.3) is 0 Å². The Morgan fingerprint density at radius 2 is 1.87 bits per heavy atom. The molecule has 0 fully saturated rings. The first-order chi connectivity index (χ1) is 7.08. The molecule has 4 heteroatoms. The normalized spacial score (nSPS) is 10.5. The molecule has 0 spiro atoms. The van der Waals surface area contributed by atoms with Crippen LogP contribution in [0.3, 0.4) is 0 Å². The van der Waals surface area contributed by atoms with Crippen LogP contribution in [0.1, 0.15) is 11.1 Å². The highest BCUT2D eigenvalue weighted by Gasteiger charge is 2.09. The lowest BCUT2D eigenvalue weighted by Gasteiger charge is -2.03. The number of hydrogen-bond acceptors (Lipinski definition) is 4. The molecular weight excluding hydrogens is 206 g/mol. The number of nitrogen functional groups attached to an aromatic ring is 2. The highest BCUT2D eigenvalue weighted by molar-refractivity contribution is 7.19. The third-order valence-corrected chi connectivity index (χ3v) is 3.16. The van der Waals surface area contributed by atoms with E-state index in [2.05, 4.69) is 31.0 Å². The fraction of sp³-hybridized carbons (Fsp3) is 0.182. The molecule has 1 aromatic carbocycles. The third-order valence-electron chi connectivity index (χ3n) is 2.45. The molecular formula is C11H13N3S. The Kier molecular flexibility index (Phi) is 2.36. The van der Waals surface area contributed by atoms with Gasteiger partial charge in [0.1, 0.15) is 10.7 Å². The van der Waals surface area contributed by atoms with Crippen molar-refractivity contribution in [3.05, 3.63) is 29.3 Å². The zero-order valence-electron chi connectivity index (χ0n) is 8.74. The number of aromatic nitrogens is 1. The molecule has 15 heavy (non-hydrogen) atoms. The lowest BCUT2D eigenvalue weighted by molar-refractivity contribution is 1.33. The zero-order chi connectivity index (χ0) is 11.0. The first-order valence-electron chi connectivity index (χ1n) is 4.67. The summed E-state index contributed by atoms with van der Waals surface area (Å²) in [6, 6.07) is 6.17. The number of hydrogen-bond donors (Lipinski definition) is 2. The van der Waals surface area contributed by atoms with E-state index < -0.39 is 0 Å². The summed E-state index contributed by atoms with van der Waals surface area (Å²) < 4.78 is 0. The molecule has 78 valence electrons. The lowest BCUT2D eigenvalue weighted by atomic mass is 10.0.